The number of carbonyl (C=O) groups excluding carboxylic acids is 1. The maximum Gasteiger partial charge on any atom is 0.276 e. The third-order valence-corrected chi connectivity index (χ3v) is 6.06. The van der Waals surface area contributed by atoms with Gasteiger partial charge in [-0.25, -0.2) is 0 Å². The number of aliphatic hydroxyl groups excluding tert-OH is 1. The molecule has 1 N–H and O–H groups in total. The molecule has 1 aromatic heterocycles. The molecule has 0 spiro atoms. The summed E-state index contributed by atoms with van der Waals surface area (Å²) in [4.78, 5) is 19.3. The number of piperazine rings is 1. The second-order valence-electron chi connectivity index (χ2n) is 8.25. The van der Waals surface area contributed by atoms with Crippen molar-refractivity contribution in [2.75, 3.05) is 45.8 Å². The summed E-state index contributed by atoms with van der Waals surface area (Å²) in [6, 6.07) is 1.80. The van der Waals surface area contributed by atoms with E-state index < -0.39 is 0 Å². The van der Waals surface area contributed by atoms with E-state index in [1.165, 1.54) is 0 Å². The molecule has 1 atom stereocenters. The van der Waals surface area contributed by atoms with Crippen molar-refractivity contribution in [1.82, 2.24) is 19.9 Å². The van der Waals surface area contributed by atoms with Gasteiger partial charge in [0, 0.05) is 45.3 Å². The number of likely N-dealkylation sites (N-methyl/N-ethyl adjacent to an activating group) is 1. The summed E-state index contributed by atoms with van der Waals surface area (Å²) in [7, 11) is 0. The summed E-state index contributed by atoms with van der Waals surface area (Å²) in [6.45, 7) is 13.6. The summed E-state index contributed by atoms with van der Waals surface area (Å²) in [5.74, 6) is 1.24. The monoisotopic (exact) mass is 378 g/mol. The van der Waals surface area contributed by atoms with Crippen LogP contribution in [0.4, 0.5) is 0 Å². The fourth-order valence-electron chi connectivity index (χ4n) is 4.12. The van der Waals surface area contributed by atoms with Gasteiger partial charge in [0.2, 0.25) is 0 Å². The molecule has 27 heavy (non-hydrogen) atoms. The Balaban J connectivity index is 1.49. The maximum absolute atomic E-state index is 12.7. The summed E-state index contributed by atoms with van der Waals surface area (Å²) in [6.07, 6.45) is 1.41. The highest BCUT2D eigenvalue weighted by Gasteiger charge is 2.30. The third-order valence-electron chi connectivity index (χ3n) is 6.06. The largest absolute Gasteiger partial charge is 0.393 e. The predicted octanol–water partition coefficient (Wildman–Crippen LogP) is 1.68. The molecule has 0 aliphatic carbocycles. The zero-order valence-electron chi connectivity index (χ0n) is 16.9. The first-order valence-electron chi connectivity index (χ1n) is 10.4. The first-order valence-corrected chi connectivity index (χ1v) is 10.4. The summed E-state index contributed by atoms with van der Waals surface area (Å²) in [5.41, 5.74) is 0.403. The molecule has 3 rings (SSSR count). The zero-order valence-corrected chi connectivity index (χ0v) is 16.9. The zero-order chi connectivity index (χ0) is 19.4. The molecular formula is C20H34N4O3. The average Bonchev–Trinajstić information content (AvgIpc) is 3.16. The smallest absolute Gasteiger partial charge is 0.276 e. The lowest BCUT2D eigenvalue weighted by molar-refractivity contribution is 0.0258. The molecule has 2 aliphatic heterocycles. The molecule has 1 amide bonds. The highest BCUT2D eigenvalue weighted by molar-refractivity contribution is 5.92. The van der Waals surface area contributed by atoms with Crippen molar-refractivity contribution in [3.05, 3.63) is 17.5 Å². The Morgan fingerprint density at radius 2 is 1.81 bits per heavy atom. The molecule has 0 radical (unpaired) electrons. The number of rotatable bonds is 6. The van der Waals surface area contributed by atoms with Crippen molar-refractivity contribution in [1.29, 1.82) is 0 Å². The Labute approximate surface area is 162 Å². The highest BCUT2D eigenvalue weighted by Crippen LogP contribution is 2.25. The normalized spacial score (nSPS) is 21.7. The molecule has 3 heterocycles. The fourth-order valence-corrected chi connectivity index (χ4v) is 4.12. The van der Waals surface area contributed by atoms with Crippen molar-refractivity contribution in [3.63, 3.8) is 0 Å². The number of likely N-dealkylation sites (tertiary alicyclic amines) is 1. The van der Waals surface area contributed by atoms with Gasteiger partial charge < -0.3 is 19.4 Å². The molecule has 7 nitrogen and oxygen atoms in total. The van der Waals surface area contributed by atoms with Crippen molar-refractivity contribution in [3.8, 4) is 0 Å². The first kappa shape index (κ1) is 20.3. The lowest BCUT2D eigenvalue weighted by atomic mass is 9.85. The topological polar surface area (TPSA) is 73.0 Å². The van der Waals surface area contributed by atoms with Crippen LogP contribution < -0.4 is 0 Å². The molecule has 152 valence electrons. The SMILES string of the molecule is CCN1CCN(Cc2cc(C(=O)N3CCC([C@H](O)C(C)C)CC3)no2)CC1. The molecule has 0 bridgehead atoms. The van der Waals surface area contributed by atoms with E-state index in [4.69, 9.17) is 4.52 Å². The Hall–Kier alpha value is -1.44. The van der Waals surface area contributed by atoms with E-state index >= 15 is 0 Å². The number of piperidine rings is 1. The second kappa shape index (κ2) is 9.17. The van der Waals surface area contributed by atoms with Crippen LogP contribution in [0.15, 0.2) is 10.6 Å². The van der Waals surface area contributed by atoms with Crippen molar-refractivity contribution in [2.45, 2.75) is 46.3 Å². The summed E-state index contributed by atoms with van der Waals surface area (Å²) >= 11 is 0. The van der Waals surface area contributed by atoms with E-state index in [1.807, 2.05) is 18.7 Å². The van der Waals surface area contributed by atoms with Gasteiger partial charge >= 0.3 is 0 Å². The van der Waals surface area contributed by atoms with E-state index in [0.717, 1.165) is 51.3 Å². The minimum Gasteiger partial charge on any atom is -0.393 e. The van der Waals surface area contributed by atoms with Gasteiger partial charge in [0.1, 0.15) is 0 Å². The van der Waals surface area contributed by atoms with Gasteiger partial charge in [0.15, 0.2) is 11.5 Å². The standard InChI is InChI=1S/C20H34N4O3/c1-4-22-9-11-23(12-10-22)14-17-13-18(21-27-17)20(26)24-7-5-16(6-8-24)19(25)15(2)3/h13,15-16,19,25H,4-12,14H2,1-3H3/t19-/m1/s1. The van der Waals surface area contributed by atoms with E-state index in [1.54, 1.807) is 6.07 Å². The van der Waals surface area contributed by atoms with E-state index in [-0.39, 0.29) is 23.8 Å². The van der Waals surface area contributed by atoms with Crippen LogP contribution in [-0.4, -0.2) is 82.8 Å². The van der Waals surface area contributed by atoms with Gasteiger partial charge in [-0.05, 0) is 31.2 Å². The lowest BCUT2D eigenvalue weighted by Gasteiger charge is -2.35. The molecule has 2 aliphatic rings. The van der Waals surface area contributed by atoms with Crippen molar-refractivity contribution < 1.29 is 14.4 Å². The van der Waals surface area contributed by atoms with Crippen LogP contribution in [0.1, 0.15) is 49.9 Å². The van der Waals surface area contributed by atoms with Crippen LogP contribution >= 0.6 is 0 Å². The van der Waals surface area contributed by atoms with Crippen LogP contribution in [-0.2, 0) is 6.54 Å². The average molecular weight is 379 g/mol. The van der Waals surface area contributed by atoms with Crippen LogP contribution in [0.25, 0.3) is 0 Å². The van der Waals surface area contributed by atoms with E-state index in [9.17, 15) is 9.90 Å². The fraction of sp³-hybridized carbons (Fsp3) is 0.800. The Morgan fingerprint density at radius 1 is 1.19 bits per heavy atom. The van der Waals surface area contributed by atoms with Crippen LogP contribution in [0.2, 0.25) is 0 Å². The molecule has 2 saturated heterocycles. The molecule has 7 heteroatoms. The molecule has 0 saturated carbocycles. The molecular weight excluding hydrogens is 344 g/mol. The third kappa shape index (κ3) is 5.09. The number of hydrogen-bond donors (Lipinski definition) is 1. The number of hydrogen-bond acceptors (Lipinski definition) is 6. The summed E-state index contributed by atoms with van der Waals surface area (Å²) < 4.78 is 5.43. The number of aromatic nitrogens is 1. The Morgan fingerprint density at radius 3 is 2.41 bits per heavy atom. The summed E-state index contributed by atoms with van der Waals surface area (Å²) in [5, 5.41) is 14.3. The van der Waals surface area contributed by atoms with Gasteiger partial charge in [-0.3, -0.25) is 9.69 Å². The Kier molecular flexibility index (Phi) is 6.89. The van der Waals surface area contributed by atoms with Crippen LogP contribution in [0.3, 0.4) is 0 Å². The van der Waals surface area contributed by atoms with Crippen molar-refractivity contribution >= 4 is 5.91 Å². The molecule has 0 unspecified atom stereocenters. The lowest BCUT2D eigenvalue weighted by Crippen LogP contribution is -2.45. The maximum atomic E-state index is 12.7. The minimum atomic E-state index is -0.283. The van der Waals surface area contributed by atoms with E-state index in [2.05, 4.69) is 21.9 Å². The van der Waals surface area contributed by atoms with Crippen LogP contribution in [0, 0.1) is 11.8 Å². The quantitative estimate of drug-likeness (QED) is 0.812. The molecule has 2 fully saturated rings. The Bertz CT molecular complexity index is 602. The van der Waals surface area contributed by atoms with Gasteiger partial charge in [-0.15, -0.1) is 0 Å². The predicted molar refractivity (Wildman–Crippen MR) is 103 cm³/mol. The van der Waals surface area contributed by atoms with Gasteiger partial charge in [0.25, 0.3) is 5.91 Å². The molecule has 1 aromatic rings. The second-order valence-corrected chi connectivity index (χ2v) is 8.25. The first-order chi connectivity index (χ1) is 13.0. The van der Waals surface area contributed by atoms with Gasteiger partial charge in [0.05, 0.1) is 12.6 Å². The minimum absolute atomic E-state index is 0.0571. The number of nitrogens with zero attached hydrogens (tertiary/aromatic N) is 4. The van der Waals surface area contributed by atoms with E-state index in [0.29, 0.717) is 25.3 Å². The molecule has 0 aromatic carbocycles. The number of amides is 1. The van der Waals surface area contributed by atoms with Gasteiger partial charge in [-0.2, -0.15) is 0 Å². The van der Waals surface area contributed by atoms with Gasteiger partial charge in [-0.1, -0.05) is 25.9 Å². The van der Waals surface area contributed by atoms with Crippen LogP contribution in [0.5, 0.6) is 0 Å². The number of carbonyl (C=O) groups is 1. The van der Waals surface area contributed by atoms with Crippen molar-refractivity contribution in [2.24, 2.45) is 11.8 Å². The highest BCUT2D eigenvalue weighted by atomic mass is 16.5. The number of aliphatic hydroxyl groups is 1.